The zero-order chi connectivity index (χ0) is 43.1. The van der Waals surface area contributed by atoms with Gasteiger partial charge in [0.15, 0.2) is 6.10 Å². The van der Waals surface area contributed by atoms with Crippen LogP contribution in [0.3, 0.4) is 0 Å². The first-order valence-corrected chi connectivity index (χ1v) is 21.0. The average Bonchev–Trinajstić information content (AvgIpc) is 3.84. The van der Waals surface area contributed by atoms with Crippen LogP contribution >= 0.6 is 39.1 Å². The summed E-state index contributed by atoms with van der Waals surface area (Å²) >= 11 is 14.9. The van der Waals surface area contributed by atoms with Crippen molar-refractivity contribution in [2.24, 2.45) is 10.3 Å². The van der Waals surface area contributed by atoms with Crippen molar-refractivity contribution in [1.29, 1.82) is 0 Å². The molecule has 18 nitrogen and oxygen atoms in total. The molecule has 0 saturated heterocycles. The van der Waals surface area contributed by atoms with Gasteiger partial charge in [-0.2, -0.15) is 0 Å². The Balaban J connectivity index is 0.000000339. The maximum Gasteiger partial charge on any atom is 0.347 e. The fraction of sp³-hybridized carbons (Fsp3) is 0.294. The predicted molar refractivity (Wildman–Crippen MR) is 211 cm³/mol. The predicted octanol–water partition coefficient (Wildman–Crippen LogP) is 5.52. The Labute approximate surface area is 346 Å². The molecule has 0 unspecified atom stereocenters. The standard InChI is InChI=1S/C17H19ClN2O7S.C12H11ClN2O5S.C5H9BrO2/c1-3-25-16(21)10(2)27-17(22)12-7-15(28(19,23)24)13(18)8-14(12)20-9-11-5-4-6-26-11;13-9-5-10(15-6-7-2-1-3-20-7)8(12(16)17)4-11(9)21(14,18)19;1-3-8-5(7)4(2)6/h4-8,10,20H,3,9H2,1-2H3,(H2,19,23,24);1-5,15H,6H2,(H,16,17)(H2,14,18,19);4H,3H2,1-2H3/t10-;;4-/m0.0/s1. The second-order valence-electron chi connectivity index (χ2n) is 11.1. The van der Waals surface area contributed by atoms with E-state index in [1.165, 1.54) is 31.6 Å². The third kappa shape index (κ3) is 15.7. The number of carbonyl (C=O) groups is 4. The summed E-state index contributed by atoms with van der Waals surface area (Å²) in [4.78, 5) is 44.9. The molecule has 7 N–H and O–H groups in total. The van der Waals surface area contributed by atoms with Crippen molar-refractivity contribution >= 4 is 94.4 Å². The van der Waals surface area contributed by atoms with E-state index in [-0.39, 0.29) is 63.0 Å². The lowest BCUT2D eigenvalue weighted by atomic mass is 10.1. The number of ether oxygens (including phenoxy) is 3. The first-order chi connectivity index (χ1) is 26.6. The van der Waals surface area contributed by atoms with E-state index in [2.05, 4.69) is 31.3 Å². The lowest BCUT2D eigenvalue weighted by Gasteiger charge is -2.16. The minimum absolute atomic E-state index is 0.118. The molecule has 0 fully saturated rings. The number of aromatic carboxylic acids is 1. The molecule has 0 bridgehead atoms. The van der Waals surface area contributed by atoms with Gasteiger partial charge in [0, 0.05) is 0 Å². The summed E-state index contributed by atoms with van der Waals surface area (Å²) in [5.74, 6) is -2.06. The number of carboxylic acid groups (broad SMARTS) is 1. The first-order valence-electron chi connectivity index (χ1n) is 16.3. The van der Waals surface area contributed by atoms with Gasteiger partial charge in [0.1, 0.15) is 26.1 Å². The van der Waals surface area contributed by atoms with Crippen LogP contribution in [0.2, 0.25) is 10.0 Å². The van der Waals surface area contributed by atoms with E-state index in [9.17, 15) is 36.0 Å². The maximum absolute atomic E-state index is 12.6. The smallest absolute Gasteiger partial charge is 0.347 e. The number of hydrogen-bond donors (Lipinski definition) is 5. The molecule has 57 heavy (non-hydrogen) atoms. The number of alkyl halides is 1. The SMILES string of the molecule is CCOC(=O)[C@H](C)Br.CCOC(=O)[C@H](C)OC(=O)c1cc(S(N)(=O)=O)c(Cl)cc1NCc1ccco1.NS(=O)(=O)c1cc(C(=O)O)c(NCc2ccco2)cc1Cl. The molecule has 0 aliphatic heterocycles. The Morgan fingerprint density at radius 2 is 1.19 bits per heavy atom. The lowest BCUT2D eigenvalue weighted by molar-refractivity contribution is -0.152. The number of furan rings is 2. The number of esters is 3. The van der Waals surface area contributed by atoms with E-state index >= 15 is 0 Å². The maximum atomic E-state index is 12.6. The number of halogens is 3. The van der Waals surface area contributed by atoms with Crippen LogP contribution in [-0.2, 0) is 56.9 Å². The highest BCUT2D eigenvalue weighted by Gasteiger charge is 2.26. The zero-order valence-corrected chi connectivity index (χ0v) is 35.3. The van der Waals surface area contributed by atoms with Crippen molar-refractivity contribution in [2.75, 3.05) is 23.8 Å². The minimum Gasteiger partial charge on any atom is -0.478 e. The molecule has 2 aromatic heterocycles. The third-order valence-electron chi connectivity index (χ3n) is 6.79. The highest BCUT2D eigenvalue weighted by atomic mass is 79.9. The van der Waals surface area contributed by atoms with Crippen LogP contribution in [0.5, 0.6) is 0 Å². The summed E-state index contributed by atoms with van der Waals surface area (Å²) < 4.78 is 70.9. The Morgan fingerprint density at radius 1 is 0.772 bits per heavy atom. The van der Waals surface area contributed by atoms with E-state index in [0.717, 1.165) is 12.1 Å². The lowest BCUT2D eigenvalue weighted by Crippen LogP contribution is -2.27. The van der Waals surface area contributed by atoms with Crippen molar-refractivity contribution < 1.29 is 64.2 Å². The van der Waals surface area contributed by atoms with Gasteiger partial charge in [0.05, 0.1) is 71.4 Å². The molecule has 0 radical (unpaired) electrons. The molecular formula is C34H39BrCl2N4O14S2. The van der Waals surface area contributed by atoms with Gasteiger partial charge in [-0.05, 0) is 76.2 Å². The number of anilines is 2. The van der Waals surface area contributed by atoms with E-state index in [0.29, 0.717) is 18.1 Å². The van der Waals surface area contributed by atoms with Crippen molar-refractivity contribution in [2.45, 2.75) is 61.5 Å². The average molecular weight is 943 g/mol. The number of carboxylic acids is 1. The quantitative estimate of drug-likeness (QED) is 0.0557. The van der Waals surface area contributed by atoms with Crippen LogP contribution in [0.1, 0.15) is 59.9 Å². The topological polar surface area (TPSA) is 287 Å². The summed E-state index contributed by atoms with van der Waals surface area (Å²) in [6, 6.07) is 11.1. The number of benzene rings is 2. The number of nitrogens with one attached hydrogen (secondary N) is 2. The summed E-state index contributed by atoms with van der Waals surface area (Å²) in [5.41, 5.74) is -0.0859. The van der Waals surface area contributed by atoms with Gasteiger partial charge in [-0.25, -0.2) is 41.5 Å². The number of rotatable bonds is 15. The highest BCUT2D eigenvalue weighted by Crippen LogP contribution is 2.30. The number of sulfonamides is 2. The molecule has 23 heteroatoms. The van der Waals surface area contributed by atoms with Crippen molar-refractivity contribution in [1.82, 2.24) is 0 Å². The van der Waals surface area contributed by atoms with Crippen molar-refractivity contribution in [3.63, 3.8) is 0 Å². The molecular weight excluding hydrogens is 903 g/mol. The number of hydrogen-bond acceptors (Lipinski definition) is 15. The second-order valence-corrected chi connectivity index (χ2v) is 16.3. The van der Waals surface area contributed by atoms with Crippen LogP contribution in [-0.4, -0.2) is 70.0 Å². The van der Waals surface area contributed by atoms with Gasteiger partial charge in [0.25, 0.3) is 0 Å². The molecule has 2 aromatic carbocycles. The fourth-order valence-corrected chi connectivity index (χ4v) is 6.49. The molecule has 4 aromatic rings. The largest absolute Gasteiger partial charge is 0.478 e. The van der Waals surface area contributed by atoms with Gasteiger partial charge in [0.2, 0.25) is 20.0 Å². The van der Waals surface area contributed by atoms with E-state index < -0.39 is 53.8 Å². The van der Waals surface area contributed by atoms with Crippen LogP contribution in [0.15, 0.2) is 79.7 Å². The highest BCUT2D eigenvalue weighted by molar-refractivity contribution is 9.10. The summed E-state index contributed by atoms with van der Waals surface area (Å²) in [6.07, 6.45) is 1.76. The monoisotopic (exact) mass is 940 g/mol. The molecule has 0 saturated carbocycles. The molecule has 0 aliphatic rings. The fourth-order valence-electron chi connectivity index (χ4n) is 4.16. The molecule has 312 valence electrons. The second kappa shape index (κ2) is 22.3. The normalized spacial score (nSPS) is 12.0. The summed E-state index contributed by atoms with van der Waals surface area (Å²) in [6.45, 7) is 7.44. The number of primary sulfonamides is 2. The molecule has 2 heterocycles. The molecule has 2 atom stereocenters. The molecule has 0 aliphatic carbocycles. The van der Waals surface area contributed by atoms with Gasteiger partial charge < -0.3 is 38.8 Å². The molecule has 4 rings (SSSR count). The third-order valence-corrected chi connectivity index (χ3v) is 9.91. The van der Waals surface area contributed by atoms with Crippen LogP contribution in [0.4, 0.5) is 11.4 Å². The number of carbonyl (C=O) groups excluding carboxylic acids is 3. The van der Waals surface area contributed by atoms with Crippen LogP contribution < -0.4 is 20.9 Å². The first kappa shape index (κ1) is 48.5. The van der Waals surface area contributed by atoms with Gasteiger partial charge in [-0.15, -0.1) is 0 Å². The molecule has 0 spiro atoms. The zero-order valence-electron chi connectivity index (χ0n) is 30.6. The Morgan fingerprint density at radius 3 is 1.54 bits per heavy atom. The van der Waals surface area contributed by atoms with Crippen LogP contribution in [0.25, 0.3) is 0 Å². The van der Waals surface area contributed by atoms with E-state index in [4.69, 9.17) is 56.9 Å². The summed E-state index contributed by atoms with van der Waals surface area (Å²) in [7, 11) is -8.30. The van der Waals surface area contributed by atoms with E-state index in [1.807, 2.05) is 0 Å². The Kier molecular flexibility index (Phi) is 19.0. The Hall–Kier alpha value is -4.64. The van der Waals surface area contributed by atoms with Crippen molar-refractivity contribution in [3.8, 4) is 0 Å². The molecule has 0 amide bonds. The van der Waals surface area contributed by atoms with Gasteiger partial charge in [-0.1, -0.05) is 39.1 Å². The van der Waals surface area contributed by atoms with E-state index in [1.54, 1.807) is 45.0 Å². The minimum atomic E-state index is -4.20. The van der Waals surface area contributed by atoms with Gasteiger partial charge in [-0.3, -0.25) is 4.79 Å². The number of nitrogens with two attached hydrogens (primary N) is 2. The van der Waals surface area contributed by atoms with Crippen molar-refractivity contribution in [3.05, 3.63) is 93.7 Å². The van der Waals surface area contributed by atoms with Gasteiger partial charge >= 0.3 is 23.9 Å². The summed E-state index contributed by atoms with van der Waals surface area (Å²) in [5, 5.41) is 24.7. The Bertz CT molecular complexity index is 2220. The van der Waals surface area contributed by atoms with Crippen LogP contribution in [0, 0.1) is 0 Å².